The summed E-state index contributed by atoms with van der Waals surface area (Å²) >= 11 is 0. The summed E-state index contributed by atoms with van der Waals surface area (Å²) in [7, 11) is 0. The van der Waals surface area contributed by atoms with Crippen LogP contribution in [0.25, 0.3) is 5.69 Å². The van der Waals surface area contributed by atoms with Crippen LogP contribution in [0.3, 0.4) is 0 Å². The van der Waals surface area contributed by atoms with Gasteiger partial charge in [0.15, 0.2) is 0 Å². The molecule has 1 aliphatic heterocycles. The van der Waals surface area contributed by atoms with E-state index in [-0.39, 0.29) is 30.8 Å². The van der Waals surface area contributed by atoms with E-state index in [0.29, 0.717) is 11.4 Å². The van der Waals surface area contributed by atoms with Crippen molar-refractivity contribution >= 4 is 17.5 Å². The quantitative estimate of drug-likeness (QED) is 0.481. The molecule has 5 rings (SSSR count). The second-order valence-electron chi connectivity index (χ2n) is 7.77. The average molecular weight is 423 g/mol. The van der Waals surface area contributed by atoms with Crippen molar-refractivity contribution in [3.05, 3.63) is 76.5 Å². The van der Waals surface area contributed by atoms with E-state index in [2.05, 4.69) is 5.27 Å². The zero-order chi connectivity index (χ0) is 21.5. The molecule has 1 atom stereocenters. The monoisotopic (exact) mass is 423 g/mol. The summed E-state index contributed by atoms with van der Waals surface area (Å²) < 4.78 is 19.8. The van der Waals surface area contributed by atoms with Gasteiger partial charge in [-0.15, -0.1) is 0 Å². The Morgan fingerprint density at radius 2 is 1.77 bits per heavy atom. The van der Waals surface area contributed by atoms with Crippen molar-refractivity contribution in [1.82, 2.24) is 10.2 Å². The molecule has 1 saturated heterocycles. The lowest BCUT2D eigenvalue weighted by atomic mass is 10.2. The maximum absolute atomic E-state index is 13.3. The maximum Gasteiger partial charge on any atom is 0.431 e. The van der Waals surface area contributed by atoms with Crippen LogP contribution in [-0.2, 0) is 16.1 Å². The first kappa shape index (κ1) is 19.4. The molecule has 2 amide bonds. The fraction of sp³-hybridized carbons (Fsp3) is 0.273. The molecule has 1 unspecified atom stereocenters. The number of carbonyl (C=O) groups is 2. The number of imide groups is 1. The Kier molecular flexibility index (Phi) is 4.74. The van der Waals surface area contributed by atoms with Crippen LogP contribution in [0.4, 0.5) is 10.1 Å². The van der Waals surface area contributed by atoms with Gasteiger partial charge in [0.05, 0.1) is 24.7 Å². The van der Waals surface area contributed by atoms with Gasteiger partial charge in [-0.3, -0.25) is 19.0 Å². The zero-order valence-electron chi connectivity index (χ0n) is 16.5. The summed E-state index contributed by atoms with van der Waals surface area (Å²) in [6.07, 6.45) is 1.78. The molecule has 0 bridgehead atoms. The van der Waals surface area contributed by atoms with Crippen LogP contribution in [0, 0.1) is 5.82 Å². The first-order valence-electron chi connectivity index (χ1n) is 10.1. The Morgan fingerprint density at radius 3 is 2.45 bits per heavy atom. The number of aromatic nitrogens is 2. The highest BCUT2D eigenvalue weighted by atomic mass is 19.1. The molecular formula is C22H20FN4O4+. The van der Waals surface area contributed by atoms with Gasteiger partial charge in [-0.1, -0.05) is 18.2 Å². The van der Waals surface area contributed by atoms with Crippen molar-refractivity contribution in [1.29, 1.82) is 0 Å². The van der Waals surface area contributed by atoms with Gasteiger partial charge in [0.2, 0.25) is 11.6 Å². The molecule has 1 N–H and O–H groups in total. The van der Waals surface area contributed by atoms with Crippen LogP contribution in [0.5, 0.6) is 0 Å². The molecule has 2 fully saturated rings. The summed E-state index contributed by atoms with van der Waals surface area (Å²) in [6, 6.07) is 13.9. The number of rotatable bonds is 6. The smallest absolute Gasteiger partial charge is 0.283 e. The molecule has 0 spiro atoms. The lowest BCUT2D eigenvalue weighted by molar-refractivity contribution is -0.678. The van der Waals surface area contributed by atoms with Crippen LogP contribution in [0.1, 0.15) is 25.0 Å². The number of halogens is 1. The molecule has 31 heavy (non-hydrogen) atoms. The van der Waals surface area contributed by atoms with Crippen molar-refractivity contribution in [3.8, 4) is 5.69 Å². The van der Waals surface area contributed by atoms with Gasteiger partial charge in [-0.05, 0) is 47.1 Å². The molecule has 3 aromatic rings. The van der Waals surface area contributed by atoms with E-state index in [0.717, 1.165) is 23.4 Å². The second kappa shape index (κ2) is 7.59. The van der Waals surface area contributed by atoms with Crippen LogP contribution in [-0.4, -0.2) is 34.1 Å². The lowest BCUT2D eigenvalue weighted by Gasteiger charge is -2.25. The average Bonchev–Trinajstić information content (AvgIpc) is 3.49. The van der Waals surface area contributed by atoms with Gasteiger partial charge < -0.3 is 0 Å². The number of nitrogens with one attached hydrogen (secondary N) is 1. The number of amides is 2. The first-order chi connectivity index (χ1) is 15.0. The van der Waals surface area contributed by atoms with Crippen LogP contribution in [0.2, 0.25) is 0 Å². The Balaban J connectivity index is 1.45. The molecule has 158 valence electrons. The summed E-state index contributed by atoms with van der Waals surface area (Å²) in [5.41, 5.74) is 0.885. The van der Waals surface area contributed by atoms with E-state index < -0.39 is 17.5 Å². The highest BCUT2D eigenvalue weighted by molar-refractivity contribution is 6.22. The van der Waals surface area contributed by atoms with Crippen molar-refractivity contribution in [3.63, 3.8) is 0 Å². The SMILES string of the molecule is O=C1CC(N(Cc2c(=O)o[nH][n+]2-c2ccccc2)C2CC2)C(=O)N1c1ccc(F)cc1. The van der Waals surface area contributed by atoms with Crippen LogP contribution >= 0.6 is 0 Å². The number of hydrogen-bond donors (Lipinski definition) is 1. The normalized spacial score (nSPS) is 18.9. The predicted molar refractivity (Wildman–Crippen MR) is 107 cm³/mol. The Labute approximate surface area is 176 Å². The Bertz CT molecular complexity index is 1180. The van der Waals surface area contributed by atoms with Crippen LogP contribution < -0.4 is 15.2 Å². The number of para-hydroxylation sites is 1. The van der Waals surface area contributed by atoms with Crippen molar-refractivity contribution in [2.75, 3.05) is 4.90 Å². The number of benzene rings is 2. The van der Waals surface area contributed by atoms with E-state index >= 15 is 0 Å². The largest absolute Gasteiger partial charge is 0.431 e. The van der Waals surface area contributed by atoms with Gasteiger partial charge >= 0.3 is 11.3 Å². The molecule has 0 radical (unpaired) electrons. The molecule has 1 aliphatic carbocycles. The summed E-state index contributed by atoms with van der Waals surface area (Å²) in [6.45, 7) is 0.159. The van der Waals surface area contributed by atoms with Crippen molar-refractivity contribution in [2.45, 2.75) is 37.9 Å². The third kappa shape index (κ3) is 3.57. The maximum atomic E-state index is 13.3. The van der Waals surface area contributed by atoms with Gasteiger partial charge in [0.25, 0.3) is 5.91 Å². The minimum Gasteiger partial charge on any atom is -0.283 e. The predicted octanol–water partition coefficient (Wildman–Crippen LogP) is 1.68. The first-order valence-corrected chi connectivity index (χ1v) is 10.1. The highest BCUT2D eigenvalue weighted by Crippen LogP contribution is 2.34. The van der Waals surface area contributed by atoms with Crippen molar-refractivity contribution in [2.24, 2.45) is 0 Å². The van der Waals surface area contributed by atoms with E-state index in [1.54, 1.807) is 4.68 Å². The molecule has 2 heterocycles. The number of nitrogens with zero attached hydrogens (tertiary/aromatic N) is 3. The standard InChI is InChI=1S/C22H19FN4O4/c23-14-6-8-16(9-7-14)26-20(28)12-18(21(26)29)25(15-10-11-15)13-19-22(30)31-24-27(19)17-4-2-1-3-5-17/h1-9,15,18H,10-13H2/p+1. The fourth-order valence-corrected chi connectivity index (χ4v) is 4.02. The van der Waals surface area contributed by atoms with Gasteiger partial charge in [-0.2, -0.15) is 0 Å². The molecule has 8 nitrogen and oxygen atoms in total. The minimum atomic E-state index is -0.691. The van der Waals surface area contributed by atoms with Gasteiger partial charge in [0.1, 0.15) is 5.82 Å². The molecule has 2 aromatic carbocycles. The second-order valence-corrected chi connectivity index (χ2v) is 7.77. The van der Waals surface area contributed by atoms with Crippen molar-refractivity contribution < 1.29 is 23.2 Å². The number of anilines is 1. The number of H-pyrrole nitrogens is 1. The van der Waals surface area contributed by atoms with E-state index in [9.17, 15) is 18.8 Å². The number of hydrogen-bond acceptors (Lipinski definition) is 5. The molecule has 1 aromatic heterocycles. The Hall–Kier alpha value is -3.59. The third-order valence-corrected chi connectivity index (χ3v) is 5.71. The molecular weight excluding hydrogens is 403 g/mol. The fourth-order valence-electron chi connectivity index (χ4n) is 4.02. The number of aromatic amines is 1. The number of carbonyl (C=O) groups excluding carboxylic acids is 2. The zero-order valence-corrected chi connectivity index (χ0v) is 16.5. The van der Waals surface area contributed by atoms with E-state index in [1.807, 2.05) is 35.2 Å². The Morgan fingerprint density at radius 1 is 1.06 bits per heavy atom. The summed E-state index contributed by atoms with van der Waals surface area (Å²) in [4.78, 5) is 41.3. The molecule has 1 saturated carbocycles. The van der Waals surface area contributed by atoms with Gasteiger partial charge in [0, 0.05) is 18.2 Å². The van der Waals surface area contributed by atoms with Crippen LogP contribution in [0.15, 0.2) is 63.9 Å². The minimum absolute atomic E-state index is 0.00774. The topological polar surface area (TPSA) is 90.5 Å². The highest BCUT2D eigenvalue weighted by Gasteiger charge is 2.48. The molecule has 2 aliphatic rings. The third-order valence-electron chi connectivity index (χ3n) is 5.71. The van der Waals surface area contributed by atoms with Gasteiger partial charge in [-0.25, -0.2) is 14.1 Å². The molecule has 9 heteroatoms. The van der Waals surface area contributed by atoms with E-state index in [4.69, 9.17) is 4.52 Å². The lowest BCUT2D eigenvalue weighted by Crippen LogP contribution is -2.47. The van der Waals surface area contributed by atoms with E-state index in [1.165, 1.54) is 24.3 Å². The summed E-state index contributed by atoms with van der Waals surface area (Å²) in [5.74, 6) is -1.15. The summed E-state index contributed by atoms with van der Waals surface area (Å²) in [5, 5.41) is 2.61.